The lowest BCUT2D eigenvalue weighted by Crippen LogP contribution is -2.33. The number of fused-ring (bicyclic) bond motifs is 3. The number of rotatable bonds is 8. The molecule has 2 aromatic heterocycles. The minimum Gasteiger partial charge on any atom is -0.444 e. The SMILES string of the molecule is Cc1[nH]nc2c(F)cc(C(=O)Nc3ccc4c(c3)nc(CN3CC=C(c5cccc6c5OC(C)(c5ccc(Cl)cc5F)O6)CC3)n4C[C@@H]3CCO3)cc12. The zero-order valence-corrected chi connectivity index (χ0v) is 29.8. The quantitative estimate of drug-likeness (QED) is 0.163. The van der Waals surface area contributed by atoms with E-state index in [1.165, 1.54) is 12.1 Å². The highest BCUT2D eigenvalue weighted by molar-refractivity contribution is 6.30. The van der Waals surface area contributed by atoms with Crippen LogP contribution < -0.4 is 14.8 Å². The molecule has 3 aliphatic rings. The van der Waals surface area contributed by atoms with Gasteiger partial charge in [0, 0.05) is 59.5 Å². The maximum Gasteiger partial charge on any atom is 0.278 e. The number of carbonyl (C=O) groups is 1. The molecule has 270 valence electrons. The van der Waals surface area contributed by atoms with Crippen molar-refractivity contribution in [2.24, 2.45) is 0 Å². The highest BCUT2D eigenvalue weighted by Crippen LogP contribution is 2.49. The maximum atomic E-state index is 14.9. The molecule has 10 nitrogen and oxygen atoms in total. The largest absolute Gasteiger partial charge is 0.444 e. The van der Waals surface area contributed by atoms with Crippen LogP contribution in [0.15, 0.2) is 72.8 Å². The third-order valence-corrected chi connectivity index (χ3v) is 10.6. The minimum absolute atomic E-state index is 0.115. The van der Waals surface area contributed by atoms with Gasteiger partial charge in [0.05, 0.1) is 35.8 Å². The Bertz CT molecular complexity index is 2480. The summed E-state index contributed by atoms with van der Waals surface area (Å²) in [4.78, 5) is 20.6. The van der Waals surface area contributed by atoms with E-state index >= 15 is 0 Å². The topological polar surface area (TPSA) is 107 Å². The number of aromatic nitrogens is 4. The zero-order valence-electron chi connectivity index (χ0n) is 29.0. The second-order valence-electron chi connectivity index (χ2n) is 13.9. The number of para-hydroxylation sites is 1. The van der Waals surface area contributed by atoms with Crippen LogP contribution in [0.2, 0.25) is 5.02 Å². The Morgan fingerprint density at radius 1 is 1.09 bits per heavy atom. The van der Waals surface area contributed by atoms with Crippen molar-refractivity contribution in [1.82, 2.24) is 24.6 Å². The lowest BCUT2D eigenvalue weighted by atomic mass is 9.98. The van der Waals surface area contributed by atoms with Gasteiger partial charge in [0.25, 0.3) is 11.7 Å². The predicted molar refractivity (Wildman–Crippen MR) is 197 cm³/mol. The van der Waals surface area contributed by atoms with Crippen molar-refractivity contribution >= 4 is 50.7 Å². The number of hydrogen-bond acceptors (Lipinski definition) is 7. The first-order chi connectivity index (χ1) is 25.6. The number of anilines is 1. The number of carbonyl (C=O) groups excluding carboxylic acids is 1. The van der Waals surface area contributed by atoms with E-state index in [2.05, 4.69) is 31.1 Å². The predicted octanol–water partition coefficient (Wildman–Crippen LogP) is 8.13. The molecule has 0 aliphatic carbocycles. The Balaban J connectivity index is 0.939. The molecule has 0 bridgehead atoms. The first kappa shape index (κ1) is 33.5. The molecule has 0 spiro atoms. The summed E-state index contributed by atoms with van der Waals surface area (Å²) >= 11 is 6.00. The summed E-state index contributed by atoms with van der Waals surface area (Å²) in [7, 11) is 0. The van der Waals surface area contributed by atoms with Crippen LogP contribution in [0.4, 0.5) is 14.5 Å². The van der Waals surface area contributed by atoms with Crippen molar-refractivity contribution in [3.05, 3.63) is 118 Å². The molecule has 13 heteroatoms. The van der Waals surface area contributed by atoms with E-state index < -0.39 is 23.3 Å². The summed E-state index contributed by atoms with van der Waals surface area (Å²) in [5.74, 6) is -0.746. The molecule has 2 atom stereocenters. The van der Waals surface area contributed by atoms with Crippen LogP contribution in [-0.2, 0) is 23.6 Å². The van der Waals surface area contributed by atoms with Crippen LogP contribution in [0.3, 0.4) is 0 Å². The molecule has 6 aromatic rings. The molecule has 9 rings (SSSR count). The number of halogens is 3. The number of aromatic amines is 1. The van der Waals surface area contributed by atoms with Crippen molar-refractivity contribution in [3.63, 3.8) is 0 Å². The number of benzene rings is 4. The van der Waals surface area contributed by atoms with Crippen LogP contribution in [0, 0.1) is 18.6 Å². The van der Waals surface area contributed by atoms with Crippen LogP contribution in [0.25, 0.3) is 27.5 Å². The van der Waals surface area contributed by atoms with Gasteiger partial charge in [-0.05, 0) is 79.9 Å². The Morgan fingerprint density at radius 3 is 2.74 bits per heavy atom. The summed E-state index contributed by atoms with van der Waals surface area (Å²) in [6.45, 7) is 6.99. The fraction of sp³-hybridized carbons (Fsp3) is 0.275. The number of hydrogen-bond donors (Lipinski definition) is 2. The van der Waals surface area contributed by atoms with Gasteiger partial charge in [-0.25, -0.2) is 13.8 Å². The molecular formula is C40H35ClF2N6O4. The van der Waals surface area contributed by atoms with E-state index in [4.69, 9.17) is 30.8 Å². The summed E-state index contributed by atoms with van der Waals surface area (Å²) < 4.78 is 50.2. The fourth-order valence-corrected chi connectivity index (χ4v) is 7.55. The molecule has 0 saturated carbocycles. The van der Waals surface area contributed by atoms with Crippen LogP contribution in [0.1, 0.15) is 52.8 Å². The van der Waals surface area contributed by atoms with Gasteiger partial charge in [-0.15, -0.1) is 0 Å². The van der Waals surface area contributed by atoms with Gasteiger partial charge in [-0.2, -0.15) is 5.10 Å². The van der Waals surface area contributed by atoms with Crippen LogP contribution >= 0.6 is 11.6 Å². The van der Waals surface area contributed by atoms with E-state index in [0.29, 0.717) is 52.9 Å². The molecule has 5 heterocycles. The molecule has 53 heavy (non-hydrogen) atoms. The van der Waals surface area contributed by atoms with Gasteiger partial charge in [0.15, 0.2) is 17.3 Å². The van der Waals surface area contributed by atoms with Crippen LogP contribution in [0.5, 0.6) is 11.5 Å². The van der Waals surface area contributed by atoms with E-state index in [-0.39, 0.29) is 22.7 Å². The summed E-state index contributed by atoms with van der Waals surface area (Å²) in [6.07, 6.45) is 4.06. The second kappa shape index (κ2) is 13.0. The molecule has 3 aliphatic heterocycles. The number of ether oxygens (including phenoxy) is 3. The molecule has 1 fully saturated rings. The standard InChI is InChI=1S/C40H35ClF2N6O4/c1-22-29-16-24(17-32(43)37(29)47-46-22)39(50)44-26-7-9-34-33(19-26)45-36(49(34)20-27-12-15-51-27)21-48-13-10-23(11-14-48)28-4-3-5-35-38(28)53-40(2,52-35)30-8-6-25(41)18-31(30)42/h3-10,16-19,27H,11-15,20-21H2,1-2H3,(H,44,50)(H,46,47)/t27-,40?/m0/s1. The van der Waals surface area contributed by atoms with Crippen molar-refractivity contribution < 1.29 is 27.8 Å². The third kappa shape index (κ3) is 6.10. The maximum absolute atomic E-state index is 14.9. The van der Waals surface area contributed by atoms with Gasteiger partial charge in [0.1, 0.15) is 17.2 Å². The molecule has 0 radical (unpaired) electrons. The zero-order chi connectivity index (χ0) is 36.4. The fourth-order valence-electron chi connectivity index (χ4n) is 7.39. The Morgan fingerprint density at radius 2 is 1.96 bits per heavy atom. The molecule has 1 unspecified atom stereocenters. The molecule has 4 aromatic carbocycles. The molecule has 2 N–H and O–H groups in total. The number of nitrogens with one attached hydrogen (secondary N) is 2. The average Bonchev–Trinajstić information content (AvgIpc) is 3.78. The molecule has 1 saturated heterocycles. The normalized spacial score (nSPS) is 19.8. The Hall–Kier alpha value is -5.30. The number of amides is 1. The highest BCUT2D eigenvalue weighted by atomic mass is 35.5. The summed E-state index contributed by atoms with van der Waals surface area (Å²) in [5.41, 5.74) is 5.67. The highest BCUT2D eigenvalue weighted by Gasteiger charge is 2.42. The van der Waals surface area contributed by atoms with Crippen molar-refractivity contribution in [1.29, 1.82) is 0 Å². The summed E-state index contributed by atoms with van der Waals surface area (Å²) in [6, 6.07) is 18.7. The lowest BCUT2D eigenvalue weighted by Gasteiger charge is -2.29. The van der Waals surface area contributed by atoms with E-state index in [1.807, 2.05) is 36.4 Å². The number of imidazole rings is 1. The van der Waals surface area contributed by atoms with Gasteiger partial charge in [-0.1, -0.05) is 29.8 Å². The van der Waals surface area contributed by atoms with Gasteiger partial charge in [-0.3, -0.25) is 14.8 Å². The number of aryl methyl sites for hydroxylation is 1. The lowest BCUT2D eigenvalue weighted by molar-refractivity contribution is -0.0708. The minimum atomic E-state index is -1.33. The van der Waals surface area contributed by atoms with Gasteiger partial charge >= 0.3 is 0 Å². The van der Waals surface area contributed by atoms with E-state index in [9.17, 15) is 13.6 Å². The van der Waals surface area contributed by atoms with Crippen molar-refractivity contribution in [2.45, 2.75) is 51.7 Å². The van der Waals surface area contributed by atoms with Gasteiger partial charge in [0.2, 0.25) is 0 Å². The van der Waals surface area contributed by atoms with E-state index in [1.54, 1.807) is 32.0 Å². The number of nitrogens with zero attached hydrogens (tertiary/aromatic N) is 4. The monoisotopic (exact) mass is 736 g/mol. The molecular weight excluding hydrogens is 702 g/mol. The first-order valence-electron chi connectivity index (χ1n) is 17.6. The van der Waals surface area contributed by atoms with Crippen molar-refractivity contribution in [3.8, 4) is 11.5 Å². The van der Waals surface area contributed by atoms with Crippen molar-refractivity contribution in [2.75, 3.05) is 25.0 Å². The average molecular weight is 737 g/mol. The molecule has 1 amide bonds. The Kier molecular flexibility index (Phi) is 8.21. The number of H-pyrrole nitrogens is 1. The van der Waals surface area contributed by atoms with E-state index in [0.717, 1.165) is 54.0 Å². The third-order valence-electron chi connectivity index (χ3n) is 10.3. The Labute approximate surface area is 308 Å². The van der Waals surface area contributed by atoms with Gasteiger partial charge < -0.3 is 24.1 Å². The van der Waals surface area contributed by atoms with Crippen LogP contribution in [-0.4, -0.2) is 56.4 Å². The first-order valence-corrected chi connectivity index (χ1v) is 17.9. The second-order valence-corrected chi connectivity index (χ2v) is 14.3. The smallest absolute Gasteiger partial charge is 0.278 e. The summed E-state index contributed by atoms with van der Waals surface area (Å²) in [5, 5.41) is 10.5.